The van der Waals surface area contributed by atoms with E-state index in [9.17, 15) is 13.2 Å². The fourth-order valence-corrected chi connectivity index (χ4v) is 4.68. The number of hydrogen-bond acceptors (Lipinski definition) is 5. The molecule has 1 atom stereocenters. The van der Waals surface area contributed by atoms with Gasteiger partial charge in [0.25, 0.3) is 10.0 Å². The molecular weight excluding hydrogens is 406 g/mol. The standard InChI is InChI=1S/C18H21N3O3S2.ClH/c22-18(12-16-13-25-10-9-19-16)20-14-5-4-6-15(11-14)21-26(23,24)17-7-2-1-3-8-17;/h1-8,11,16,19,21H,9-10,12-13H2,(H,20,22);1H. The Morgan fingerprint density at radius 2 is 1.85 bits per heavy atom. The molecule has 6 nitrogen and oxygen atoms in total. The van der Waals surface area contributed by atoms with E-state index in [0.717, 1.165) is 18.1 Å². The minimum atomic E-state index is -3.66. The number of rotatable bonds is 6. The van der Waals surface area contributed by atoms with Gasteiger partial charge in [0.05, 0.1) is 10.6 Å². The normalized spacial score (nSPS) is 16.8. The number of sulfonamides is 1. The summed E-state index contributed by atoms with van der Waals surface area (Å²) >= 11 is 1.84. The van der Waals surface area contributed by atoms with E-state index in [1.807, 2.05) is 11.8 Å². The second-order valence-corrected chi connectivity index (χ2v) is 8.81. The smallest absolute Gasteiger partial charge is 0.261 e. The quantitative estimate of drug-likeness (QED) is 0.659. The Labute approximate surface area is 170 Å². The lowest BCUT2D eigenvalue weighted by Gasteiger charge is -2.22. The number of anilines is 2. The van der Waals surface area contributed by atoms with Crippen molar-refractivity contribution in [1.29, 1.82) is 0 Å². The summed E-state index contributed by atoms with van der Waals surface area (Å²) in [6.45, 7) is 0.916. The van der Waals surface area contributed by atoms with Crippen LogP contribution in [-0.4, -0.2) is 38.4 Å². The highest BCUT2D eigenvalue weighted by molar-refractivity contribution is 7.99. The van der Waals surface area contributed by atoms with Gasteiger partial charge in [-0.3, -0.25) is 9.52 Å². The maximum Gasteiger partial charge on any atom is 0.261 e. The van der Waals surface area contributed by atoms with E-state index in [0.29, 0.717) is 17.8 Å². The molecule has 0 radical (unpaired) electrons. The number of thioether (sulfide) groups is 1. The highest BCUT2D eigenvalue weighted by Crippen LogP contribution is 2.20. The van der Waals surface area contributed by atoms with Crippen LogP contribution in [0.5, 0.6) is 0 Å². The largest absolute Gasteiger partial charge is 0.326 e. The van der Waals surface area contributed by atoms with Crippen LogP contribution in [0.4, 0.5) is 11.4 Å². The van der Waals surface area contributed by atoms with Gasteiger partial charge in [-0.25, -0.2) is 8.42 Å². The number of benzene rings is 2. The summed E-state index contributed by atoms with van der Waals surface area (Å²) in [6, 6.07) is 15.0. The molecule has 1 aliphatic heterocycles. The van der Waals surface area contributed by atoms with Crippen LogP contribution >= 0.6 is 24.2 Å². The molecule has 3 N–H and O–H groups in total. The van der Waals surface area contributed by atoms with Gasteiger partial charge in [0.1, 0.15) is 0 Å². The second-order valence-electron chi connectivity index (χ2n) is 5.98. The zero-order chi connectivity index (χ0) is 18.4. The van der Waals surface area contributed by atoms with Crippen molar-refractivity contribution < 1.29 is 13.2 Å². The number of carbonyl (C=O) groups excluding carboxylic acids is 1. The number of halogens is 1. The molecule has 0 saturated carbocycles. The fraction of sp³-hybridized carbons (Fsp3) is 0.278. The van der Waals surface area contributed by atoms with Gasteiger partial charge in [-0.1, -0.05) is 24.3 Å². The predicted octanol–water partition coefficient (Wildman–Crippen LogP) is 2.94. The Morgan fingerprint density at radius 3 is 2.56 bits per heavy atom. The van der Waals surface area contributed by atoms with Crippen LogP contribution in [0.15, 0.2) is 59.5 Å². The maximum absolute atomic E-state index is 12.4. The van der Waals surface area contributed by atoms with Crippen molar-refractivity contribution in [3.63, 3.8) is 0 Å². The van der Waals surface area contributed by atoms with Crippen molar-refractivity contribution in [3.8, 4) is 0 Å². The van der Waals surface area contributed by atoms with Gasteiger partial charge >= 0.3 is 0 Å². The van der Waals surface area contributed by atoms with Crippen LogP contribution in [0.1, 0.15) is 6.42 Å². The summed E-state index contributed by atoms with van der Waals surface area (Å²) in [5, 5.41) is 6.16. The van der Waals surface area contributed by atoms with Crippen molar-refractivity contribution in [2.75, 3.05) is 28.1 Å². The molecule has 27 heavy (non-hydrogen) atoms. The van der Waals surface area contributed by atoms with Gasteiger partial charge in [0, 0.05) is 36.2 Å². The zero-order valence-electron chi connectivity index (χ0n) is 14.6. The first-order chi connectivity index (χ1) is 12.5. The number of nitrogens with one attached hydrogen (secondary N) is 3. The monoisotopic (exact) mass is 427 g/mol. The second kappa shape index (κ2) is 9.98. The van der Waals surface area contributed by atoms with Crippen LogP contribution in [-0.2, 0) is 14.8 Å². The summed E-state index contributed by atoms with van der Waals surface area (Å²) in [5.74, 6) is 1.90. The first-order valence-corrected chi connectivity index (χ1v) is 11.0. The Morgan fingerprint density at radius 1 is 1.11 bits per heavy atom. The topological polar surface area (TPSA) is 87.3 Å². The van der Waals surface area contributed by atoms with Crippen molar-refractivity contribution in [3.05, 3.63) is 54.6 Å². The third kappa shape index (κ3) is 6.42. The number of amides is 1. The van der Waals surface area contributed by atoms with E-state index < -0.39 is 10.0 Å². The summed E-state index contributed by atoms with van der Waals surface area (Å²) in [7, 11) is -3.66. The summed E-state index contributed by atoms with van der Waals surface area (Å²) in [5.41, 5.74) is 0.963. The highest BCUT2D eigenvalue weighted by atomic mass is 35.5. The van der Waals surface area contributed by atoms with Crippen LogP contribution in [0.3, 0.4) is 0 Å². The van der Waals surface area contributed by atoms with Crippen molar-refractivity contribution in [1.82, 2.24) is 5.32 Å². The minimum absolute atomic E-state index is 0. The molecular formula is C18H22ClN3O3S2. The molecule has 0 aromatic heterocycles. The van der Waals surface area contributed by atoms with Gasteiger partial charge in [-0.15, -0.1) is 12.4 Å². The van der Waals surface area contributed by atoms with Gasteiger partial charge in [0.15, 0.2) is 0 Å². The molecule has 0 aliphatic carbocycles. The molecule has 1 fully saturated rings. The molecule has 146 valence electrons. The summed E-state index contributed by atoms with van der Waals surface area (Å²) in [4.78, 5) is 12.4. The Bertz CT molecular complexity index is 857. The molecule has 2 aromatic rings. The molecule has 1 heterocycles. The molecule has 3 rings (SSSR count). The average molecular weight is 428 g/mol. The van der Waals surface area contributed by atoms with Gasteiger partial charge in [-0.05, 0) is 30.3 Å². The molecule has 1 aliphatic rings. The Balaban J connectivity index is 0.00000261. The van der Waals surface area contributed by atoms with Crippen molar-refractivity contribution in [2.45, 2.75) is 17.4 Å². The molecule has 1 saturated heterocycles. The molecule has 1 unspecified atom stereocenters. The summed E-state index contributed by atoms with van der Waals surface area (Å²) < 4.78 is 27.3. The highest BCUT2D eigenvalue weighted by Gasteiger charge is 2.17. The maximum atomic E-state index is 12.4. The Hall–Kier alpha value is -1.74. The summed E-state index contributed by atoms with van der Waals surface area (Å²) in [6.07, 6.45) is 0.396. The third-order valence-corrected chi connectivity index (χ3v) is 6.41. The lowest BCUT2D eigenvalue weighted by atomic mass is 10.2. The molecule has 9 heteroatoms. The molecule has 1 amide bonds. The number of hydrogen-bond donors (Lipinski definition) is 3. The molecule has 0 spiro atoms. The van der Waals surface area contributed by atoms with Gasteiger partial charge in [-0.2, -0.15) is 11.8 Å². The van der Waals surface area contributed by atoms with Crippen molar-refractivity contribution >= 4 is 51.5 Å². The van der Waals surface area contributed by atoms with E-state index in [-0.39, 0.29) is 29.3 Å². The minimum Gasteiger partial charge on any atom is -0.326 e. The van der Waals surface area contributed by atoms with Crippen molar-refractivity contribution in [2.24, 2.45) is 0 Å². The first kappa shape index (κ1) is 21.6. The van der Waals surface area contributed by atoms with E-state index >= 15 is 0 Å². The third-order valence-electron chi connectivity index (χ3n) is 3.88. The van der Waals surface area contributed by atoms with Gasteiger partial charge < -0.3 is 10.6 Å². The van der Waals surface area contributed by atoms with Crippen LogP contribution in [0, 0.1) is 0 Å². The van der Waals surface area contributed by atoms with E-state index in [1.165, 1.54) is 12.1 Å². The zero-order valence-corrected chi connectivity index (χ0v) is 17.0. The molecule has 0 bridgehead atoms. The van der Waals surface area contributed by atoms with Crippen LogP contribution in [0.25, 0.3) is 0 Å². The average Bonchev–Trinajstić information content (AvgIpc) is 2.63. The predicted molar refractivity (Wildman–Crippen MR) is 113 cm³/mol. The lowest BCUT2D eigenvalue weighted by molar-refractivity contribution is -0.116. The van der Waals surface area contributed by atoms with E-state index in [4.69, 9.17) is 0 Å². The van der Waals surface area contributed by atoms with Crippen LogP contribution in [0.2, 0.25) is 0 Å². The SMILES string of the molecule is Cl.O=C(CC1CSCCN1)Nc1cccc(NS(=O)(=O)c2ccccc2)c1. The fourth-order valence-electron chi connectivity index (χ4n) is 2.66. The van der Waals surface area contributed by atoms with Gasteiger partial charge in [0.2, 0.25) is 5.91 Å². The number of carbonyl (C=O) groups is 1. The van der Waals surface area contributed by atoms with E-state index in [1.54, 1.807) is 42.5 Å². The van der Waals surface area contributed by atoms with Crippen LogP contribution < -0.4 is 15.4 Å². The first-order valence-electron chi connectivity index (χ1n) is 8.32. The Kier molecular flexibility index (Phi) is 7.97. The lowest BCUT2D eigenvalue weighted by Crippen LogP contribution is -2.39. The van der Waals surface area contributed by atoms with E-state index in [2.05, 4.69) is 15.4 Å². The molecule has 2 aromatic carbocycles.